The van der Waals surface area contributed by atoms with Crippen LogP contribution in [-0.2, 0) is 4.74 Å². The SMILES string of the molecule is O=C(O[CH]Cl)c1ccccc1. The zero-order valence-corrected chi connectivity index (χ0v) is 6.41. The molecule has 0 heterocycles. The van der Waals surface area contributed by atoms with Crippen molar-refractivity contribution in [3.8, 4) is 0 Å². The van der Waals surface area contributed by atoms with Gasteiger partial charge in [0.2, 0.25) is 6.07 Å². The van der Waals surface area contributed by atoms with Crippen molar-refractivity contribution in [3.05, 3.63) is 42.0 Å². The summed E-state index contributed by atoms with van der Waals surface area (Å²) >= 11 is 5.08. The number of benzene rings is 1. The average Bonchev–Trinajstić information content (AvgIpc) is 2.07. The molecule has 57 valence electrons. The first-order valence-corrected chi connectivity index (χ1v) is 3.46. The number of hydrogen-bond donors (Lipinski definition) is 0. The van der Waals surface area contributed by atoms with Gasteiger partial charge in [0.1, 0.15) is 0 Å². The van der Waals surface area contributed by atoms with E-state index in [9.17, 15) is 4.79 Å². The molecule has 0 unspecified atom stereocenters. The van der Waals surface area contributed by atoms with Crippen LogP contribution < -0.4 is 0 Å². The molecule has 1 aromatic rings. The number of carbonyl (C=O) groups is 1. The highest BCUT2D eigenvalue weighted by Gasteiger charge is 2.03. The van der Waals surface area contributed by atoms with Crippen LogP contribution >= 0.6 is 11.6 Å². The standard InChI is InChI=1S/C8H6ClO2/c9-6-11-8(10)7-4-2-1-3-5-7/h1-6H. The Morgan fingerprint density at radius 3 is 2.55 bits per heavy atom. The second-order valence-corrected chi connectivity index (χ2v) is 2.04. The molecule has 1 aromatic carbocycles. The monoisotopic (exact) mass is 169 g/mol. The van der Waals surface area contributed by atoms with E-state index in [0.717, 1.165) is 6.07 Å². The Kier molecular flexibility index (Phi) is 2.93. The summed E-state index contributed by atoms with van der Waals surface area (Å²) in [6.45, 7) is 0. The zero-order valence-electron chi connectivity index (χ0n) is 5.66. The summed E-state index contributed by atoms with van der Waals surface area (Å²) in [7, 11) is 0. The summed E-state index contributed by atoms with van der Waals surface area (Å²) in [5.41, 5.74) is 0.490. The first kappa shape index (κ1) is 8.08. The van der Waals surface area contributed by atoms with Crippen LogP contribution in [0.25, 0.3) is 0 Å². The van der Waals surface area contributed by atoms with E-state index in [0.29, 0.717) is 5.56 Å². The van der Waals surface area contributed by atoms with Crippen LogP contribution in [0, 0.1) is 6.07 Å². The van der Waals surface area contributed by atoms with Gasteiger partial charge in [0, 0.05) is 0 Å². The van der Waals surface area contributed by atoms with Crippen molar-refractivity contribution < 1.29 is 9.53 Å². The highest BCUT2D eigenvalue weighted by molar-refractivity contribution is 6.22. The van der Waals surface area contributed by atoms with Crippen molar-refractivity contribution >= 4 is 17.6 Å². The van der Waals surface area contributed by atoms with Crippen molar-refractivity contribution in [2.24, 2.45) is 0 Å². The molecular formula is C8H6ClO2. The van der Waals surface area contributed by atoms with E-state index in [1.165, 1.54) is 0 Å². The molecule has 0 aliphatic heterocycles. The van der Waals surface area contributed by atoms with E-state index in [1.807, 2.05) is 6.07 Å². The molecule has 1 rings (SSSR count). The van der Waals surface area contributed by atoms with Gasteiger partial charge in [0.15, 0.2) is 0 Å². The van der Waals surface area contributed by atoms with Crippen LogP contribution in [0.15, 0.2) is 30.3 Å². The number of carbonyl (C=O) groups excluding carboxylic acids is 1. The summed E-state index contributed by atoms with van der Waals surface area (Å²) in [5.74, 6) is -0.444. The second kappa shape index (κ2) is 3.98. The van der Waals surface area contributed by atoms with Gasteiger partial charge in [-0.25, -0.2) is 4.79 Å². The first-order valence-electron chi connectivity index (χ1n) is 3.02. The molecule has 0 aromatic heterocycles. The van der Waals surface area contributed by atoms with Crippen LogP contribution in [-0.4, -0.2) is 5.97 Å². The maximum absolute atomic E-state index is 10.9. The fourth-order valence-electron chi connectivity index (χ4n) is 0.683. The van der Waals surface area contributed by atoms with Gasteiger partial charge in [-0.2, -0.15) is 0 Å². The van der Waals surface area contributed by atoms with Crippen LogP contribution in [0.2, 0.25) is 0 Å². The number of ether oxygens (including phenoxy) is 1. The molecule has 0 amide bonds. The topological polar surface area (TPSA) is 26.3 Å². The Bertz CT molecular complexity index is 233. The minimum atomic E-state index is -0.444. The maximum atomic E-state index is 10.9. The highest BCUT2D eigenvalue weighted by atomic mass is 35.5. The van der Waals surface area contributed by atoms with E-state index in [4.69, 9.17) is 11.6 Å². The Morgan fingerprint density at radius 1 is 1.36 bits per heavy atom. The number of esters is 1. The molecular weight excluding hydrogens is 164 g/mol. The Morgan fingerprint density at radius 2 is 2.00 bits per heavy atom. The van der Waals surface area contributed by atoms with Gasteiger partial charge in [-0.3, -0.25) is 0 Å². The summed E-state index contributed by atoms with van der Waals surface area (Å²) in [4.78, 5) is 10.9. The van der Waals surface area contributed by atoms with Crippen molar-refractivity contribution in [3.63, 3.8) is 0 Å². The molecule has 0 aliphatic carbocycles. The van der Waals surface area contributed by atoms with E-state index in [1.54, 1.807) is 24.3 Å². The molecule has 0 spiro atoms. The molecule has 0 fully saturated rings. The van der Waals surface area contributed by atoms with Gasteiger partial charge in [-0.1, -0.05) is 29.8 Å². The minimum absolute atomic E-state index is 0.444. The molecule has 11 heavy (non-hydrogen) atoms. The van der Waals surface area contributed by atoms with Crippen LogP contribution in [0.5, 0.6) is 0 Å². The van der Waals surface area contributed by atoms with E-state index >= 15 is 0 Å². The Balaban J connectivity index is 2.69. The lowest BCUT2D eigenvalue weighted by Crippen LogP contribution is -2.00. The lowest BCUT2D eigenvalue weighted by Gasteiger charge is -1.97. The van der Waals surface area contributed by atoms with Crippen LogP contribution in [0.3, 0.4) is 0 Å². The van der Waals surface area contributed by atoms with Crippen LogP contribution in [0.4, 0.5) is 0 Å². The molecule has 0 N–H and O–H groups in total. The largest absolute Gasteiger partial charge is 0.437 e. The van der Waals surface area contributed by atoms with E-state index in [2.05, 4.69) is 4.74 Å². The molecule has 1 radical (unpaired) electrons. The number of halogens is 1. The van der Waals surface area contributed by atoms with E-state index < -0.39 is 5.97 Å². The van der Waals surface area contributed by atoms with Gasteiger partial charge < -0.3 is 4.74 Å². The van der Waals surface area contributed by atoms with Gasteiger partial charge in [0.05, 0.1) is 5.56 Å². The lowest BCUT2D eigenvalue weighted by molar-refractivity contribution is 0.0638. The minimum Gasteiger partial charge on any atom is -0.437 e. The quantitative estimate of drug-likeness (QED) is 0.635. The normalized spacial score (nSPS) is 9.18. The fraction of sp³-hybridized carbons (Fsp3) is 0. The average molecular weight is 170 g/mol. The molecule has 0 saturated carbocycles. The van der Waals surface area contributed by atoms with Crippen molar-refractivity contribution in [1.82, 2.24) is 0 Å². The predicted molar refractivity (Wildman–Crippen MR) is 42.0 cm³/mol. The summed E-state index contributed by atoms with van der Waals surface area (Å²) in [6.07, 6.45) is 0. The fourth-order valence-corrected chi connectivity index (χ4v) is 0.764. The van der Waals surface area contributed by atoms with Gasteiger partial charge in [-0.15, -0.1) is 0 Å². The van der Waals surface area contributed by atoms with Crippen molar-refractivity contribution in [1.29, 1.82) is 0 Å². The molecule has 2 nitrogen and oxygen atoms in total. The summed E-state index contributed by atoms with van der Waals surface area (Å²) in [6, 6.07) is 9.48. The lowest BCUT2D eigenvalue weighted by atomic mass is 10.2. The molecule has 0 aliphatic rings. The van der Waals surface area contributed by atoms with Gasteiger partial charge in [-0.05, 0) is 12.1 Å². The van der Waals surface area contributed by atoms with E-state index in [-0.39, 0.29) is 0 Å². The predicted octanol–water partition coefficient (Wildman–Crippen LogP) is 2.20. The Labute approximate surface area is 69.7 Å². The zero-order chi connectivity index (χ0) is 8.10. The van der Waals surface area contributed by atoms with Gasteiger partial charge in [0.25, 0.3) is 0 Å². The molecule has 3 heteroatoms. The number of rotatable bonds is 2. The van der Waals surface area contributed by atoms with Crippen LogP contribution in [0.1, 0.15) is 10.4 Å². The highest BCUT2D eigenvalue weighted by Crippen LogP contribution is 2.02. The molecule has 0 atom stereocenters. The van der Waals surface area contributed by atoms with Crippen molar-refractivity contribution in [2.45, 2.75) is 0 Å². The third kappa shape index (κ3) is 2.24. The third-order valence-electron chi connectivity index (χ3n) is 1.16. The second-order valence-electron chi connectivity index (χ2n) is 1.86. The third-order valence-corrected chi connectivity index (χ3v) is 1.25. The molecule has 0 bridgehead atoms. The molecule has 0 saturated heterocycles. The van der Waals surface area contributed by atoms with Gasteiger partial charge >= 0.3 is 5.97 Å². The summed E-state index contributed by atoms with van der Waals surface area (Å²) in [5, 5.41) is 0. The number of hydrogen-bond acceptors (Lipinski definition) is 2. The smallest absolute Gasteiger partial charge is 0.339 e. The first-order chi connectivity index (χ1) is 5.34. The Hall–Kier alpha value is -1.02. The summed E-state index contributed by atoms with van der Waals surface area (Å²) < 4.78 is 4.43. The maximum Gasteiger partial charge on any atom is 0.339 e. The van der Waals surface area contributed by atoms with Crippen molar-refractivity contribution in [2.75, 3.05) is 0 Å².